The predicted molar refractivity (Wildman–Crippen MR) is 219 cm³/mol. The van der Waals surface area contributed by atoms with Crippen LogP contribution >= 0.6 is 0 Å². The maximum Gasteiger partial charge on any atom is 0.306 e. The van der Waals surface area contributed by atoms with E-state index in [1.165, 1.54) is 25.7 Å². The number of carbonyl (C=O) groups excluding carboxylic acids is 2. The summed E-state index contributed by atoms with van der Waals surface area (Å²) in [6, 6.07) is 0. The van der Waals surface area contributed by atoms with Gasteiger partial charge in [0.05, 0.1) is 6.61 Å². The number of aliphatic hydroxyl groups is 3. The molecule has 0 bridgehead atoms. The molecule has 6 atom stereocenters. The molecule has 0 aromatic heterocycles. The Morgan fingerprint density at radius 2 is 1.07 bits per heavy atom. The van der Waals surface area contributed by atoms with Gasteiger partial charge in [0.25, 0.3) is 10.1 Å². The summed E-state index contributed by atoms with van der Waals surface area (Å²) in [5, 5.41) is 30.8. The van der Waals surface area contributed by atoms with E-state index < -0.39 is 71.2 Å². The highest BCUT2D eigenvalue weighted by atomic mass is 32.2. The number of hydrogen-bond acceptors (Lipinski definition) is 11. The Hall–Kier alpha value is -2.39. The van der Waals surface area contributed by atoms with Gasteiger partial charge in [-0.15, -0.1) is 0 Å². The van der Waals surface area contributed by atoms with Crippen LogP contribution in [0.1, 0.15) is 155 Å². The van der Waals surface area contributed by atoms with Crippen LogP contribution in [0.15, 0.2) is 48.6 Å². The average molecular weight is 815 g/mol. The van der Waals surface area contributed by atoms with Gasteiger partial charge in [-0.25, -0.2) is 0 Å². The zero-order valence-corrected chi connectivity index (χ0v) is 35.0. The minimum atomic E-state index is -4.60. The Balaban J connectivity index is 2.51. The first kappa shape index (κ1) is 51.6. The van der Waals surface area contributed by atoms with Crippen molar-refractivity contribution in [3.8, 4) is 0 Å². The normalized spacial score (nSPS) is 21.1. The second-order valence-electron chi connectivity index (χ2n) is 14.6. The van der Waals surface area contributed by atoms with Crippen molar-refractivity contribution in [2.45, 2.75) is 192 Å². The summed E-state index contributed by atoms with van der Waals surface area (Å²) >= 11 is 0. The Morgan fingerprint density at radius 3 is 1.57 bits per heavy atom. The number of allylic oxidation sites excluding steroid dienone is 8. The molecule has 324 valence electrons. The van der Waals surface area contributed by atoms with Crippen LogP contribution in [0.3, 0.4) is 0 Å². The monoisotopic (exact) mass is 814 g/mol. The fourth-order valence-electron chi connectivity index (χ4n) is 6.00. The SMILES string of the molecule is CCCC/C=C\C/C=C\CCCCCCCC(=O)OCC(COC1OC(CS(=O)(=O)O)C(O)C(O)C1O)OC(=O)CCCCCCC/C=C\C/C=C\CCCC. The standard InChI is InChI=1S/C43H74O12S/c1-3-5-7-9-11-13-15-17-19-21-23-25-27-29-31-38(44)52-33-36(34-53-43-42(48)41(47)40(46)37(55-43)35-56(49,50)51)54-39(45)32-30-28-26-24-22-20-18-16-14-12-10-8-6-4-2/h9-12,15-18,36-37,40-43,46-48H,3-8,13-14,19-35H2,1-2H3,(H,49,50,51)/b11-9-,12-10-,17-15-,18-16-. The number of unbranched alkanes of at least 4 members (excludes halogenated alkanes) is 14. The molecule has 56 heavy (non-hydrogen) atoms. The van der Waals surface area contributed by atoms with Crippen molar-refractivity contribution in [2.24, 2.45) is 0 Å². The van der Waals surface area contributed by atoms with E-state index >= 15 is 0 Å². The van der Waals surface area contributed by atoms with Crippen LogP contribution in [-0.4, -0.2) is 96.0 Å². The van der Waals surface area contributed by atoms with E-state index in [-0.39, 0.29) is 19.4 Å². The molecule has 4 N–H and O–H groups in total. The summed E-state index contributed by atoms with van der Waals surface area (Å²) in [5.41, 5.74) is 0. The molecule has 1 fully saturated rings. The Kier molecular flexibility index (Phi) is 30.9. The summed E-state index contributed by atoms with van der Waals surface area (Å²) in [5.74, 6) is -2.03. The summed E-state index contributed by atoms with van der Waals surface area (Å²) < 4.78 is 53.9. The van der Waals surface area contributed by atoms with Crippen molar-refractivity contribution in [1.29, 1.82) is 0 Å². The number of rotatable bonds is 34. The van der Waals surface area contributed by atoms with Crippen LogP contribution in [0, 0.1) is 0 Å². The molecule has 0 aliphatic carbocycles. The number of carbonyl (C=O) groups is 2. The van der Waals surface area contributed by atoms with Gasteiger partial charge in [0.2, 0.25) is 0 Å². The van der Waals surface area contributed by atoms with Gasteiger partial charge in [-0.3, -0.25) is 14.1 Å². The minimum absolute atomic E-state index is 0.143. The molecule has 0 saturated carbocycles. The highest BCUT2D eigenvalue weighted by Gasteiger charge is 2.46. The molecule has 1 aliphatic rings. The lowest BCUT2D eigenvalue weighted by Crippen LogP contribution is -2.60. The van der Waals surface area contributed by atoms with E-state index in [9.17, 15) is 37.9 Å². The Bertz CT molecular complexity index is 1230. The van der Waals surface area contributed by atoms with E-state index in [0.29, 0.717) is 12.8 Å². The molecular weight excluding hydrogens is 741 g/mol. The molecule has 0 radical (unpaired) electrons. The third kappa shape index (κ3) is 28.1. The smallest absolute Gasteiger partial charge is 0.306 e. The van der Waals surface area contributed by atoms with E-state index in [0.717, 1.165) is 89.9 Å². The van der Waals surface area contributed by atoms with E-state index in [1.807, 2.05) is 0 Å². The van der Waals surface area contributed by atoms with Crippen LogP contribution in [0.2, 0.25) is 0 Å². The molecule has 13 heteroatoms. The molecule has 0 spiro atoms. The molecular formula is C43H74O12S. The number of ether oxygens (including phenoxy) is 4. The third-order valence-electron chi connectivity index (χ3n) is 9.38. The Morgan fingerprint density at radius 1 is 0.607 bits per heavy atom. The maximum atomic E-state index is 12.8. The summed E-state index contributed by atoms with van der Waals surface area (Å²) in [7, 11) is -4.60. The summed E-state index contributed by atoms with van der Waals surface area (Å²) in [4.78, 5) is 25.3. The fraction of sp³-hybridized carbons (Fsp3) is 0.767. The lowest BCUT2D eigenvalue weighted by molar-refractivity contribution is -0.297. The fourth-order valence-corrected chi connectivity index (χ4v) is 6.69. The molecule has 0 amide bonds. The van der Waals surface area contributed by atoms with Gasteiger partial charge >= 0.3 is 11.9 Å². The second-order valence-corrected chi connectivity index (χ2v) is 16.1. The van der Waals surface area contributed by atoms with Crippen LogP contribution in [-0.2, 0) is 38.7 Å². The van der Waals surface area contributed by atoms with Crippen molar-refractivity contribution in [2.75, 3.05) is 19.0 Å². The zero-order chi connectivity index (χ0) is 41.3. The largest absolute Gasteiger partial charge is 0.462 e. The maximum absolute atomic E-state index is 12.8. The minimum Gasteiger partial charge on any atom is -0.462 e. The zero-order valence-electron chi connectivity index (χ0n) is 34.2. The van der Waals surface area contributed by atoms with E-state index in [4.69, 9.17) is 18.9 Å². The van der Waals surface area contributed by atoms with Gasteiger partial charge in [-0.1, -0.05) is 127 Å². The van der Waals surface area contributed by atoms with Crippen molar-refractivity contribution in [1.82, 2.24) is 0 Å². The molecule has 1 rings (SSSR count). The molecule has 1 heterocycles. The third-order valence-corrected chi connectivity index (χ3v) is 10.1. The van der Waals surface area contributed by atoms with Gasteiger partial charge in [0.15, 0.2) is 12.4 Å². The quantitative estimate of drug-likeness (QED) is 0.0213. The van der Waals surface area contributed by atoms with E-state index in [2.05, 4.69) is 62.5 Å². The lowest BCUT2D eigenvalue weighted by atomic mass is 10.00. The van der Waals surface area contributed by atoms with Gasteiger partial charge in [0.1, 0.15) is 36.8 Å². The predicted octanol–water partition coefficient (Wildman–Crippen LogP) is 8.00. The van der Waals surface area contributed by atoms with Gasteiger partial charge < -0.3 is 34.3 Å². The Labute approximate surface area is 337 Å². The van der Waals surface area contributed by atoms with Crippen LogP contribution in [0.4, 0.5) is 0 Å². The van der Waals surface area contributed by atoms with Crippen molar-refractivity contribution in [3.05, 3.63) is 48.6 Å². The molecule has 12 nitrogen and oxygen atoms in total. The van der Waals surface area contributed by atoms with Crippen LogP contribution in [0.25, 0.3) is 0 Å². The van der Waals surface area contributed by atoms with Crippen LogP contribution < -0.4 is 0 Å². The summed E-state index contributed by atoms with van der Waals surface area (Å²) in [6.07, 6.45) is 28.7. The molecule has 0 aromatic rings. The molecule has 6 unspecified atom stereocenters. The molecule has 1 aliphatic heterocycles. The van der Waals surface area contributed by atoms with Gasteiger partial charge in [-0.2, -0.15) is 8.42 Å². The molecule has 1 saturated heterocycles. The topological polar surface area (TPSA) is 186 Å². The van der Waals surface area contributed by atoms with Crippen LogP contribution in [0.5, 0.6) is 0 Å². The second kappa shape index (κ2) is 33.6. The average Bonchev–Trinajstić information content (AvgIpc) is 3.16. The van der Waals surface area contributed by atoms with Crippen molar-refractivity contribution >= 4 is 22.1 Å². The molecule has 0 aromatic carbocycles. The number of aliphatic hydroxyl groups excluding tert-OH is 3. The van der Waals surface area contributed by atoms with Gasteiger partial charge in [-0.05, 0) is 64.2 Å². The lowest BCUT2D eigenvalue weighted by Gasteiger charge is -2.40. The first-order valence-electron chi connectivity index (χ1n) is 21.2. The van der Waals surface area contributed by atoms with Gasteiger partial charge in [0, 0.05) is 12.8 Å². The van der Waals surface area contributed by atoms with Crippen molar-refractivity contribution in [3.63, 3.8) is 0 Å². The van der Waals surface area contributed by atoms with Crippen molar-refractivity contribution < 1.29 is 56.8 Å². The number of hydrogen-bond donors (Lipinski definition) is 4. The number of esters is 2. The highest BCUT2D eigenvalue weighted by Crippen LogP contribution is 2.24. The first-order chi connectivity index (χ1) is 27.0. The van der Waals surface area contributed by atoms with E-state index in [1.54, 1.807) is 0 Å². The highest BCUT2D eigenvalue weighted by molar-refractivity contribution is 7.85. The summed E-state index contributed by atoms with van der Waals surface area (Å²) in [6.45, 7) is 3.63. The first-order valence-corrected chi connectivity index (χ1v) is 22.8.